The molecule has 0 atom stereocenters. The number of benzene rings is 4. The molecule has 9 heteroatoms. The first-order valence-electron chi connectivity index (χ1n) is 11.9. The van der Waals surface area contributed by atoms with E-state index in [2.05, 4.69) is 49.3 Å². The van der Waals surface area contributed by atoms with Crippen LogP contribution >= 0.6 is 31.9 Å². The van der Waals surface area contributed by atoms with Crippen molar-refractivity contribution >= 4 is 72.2 Å². The van der Waals surface area contributed by atoms with E-state index >= 15 is 0 Å². The van der Waals surface area contributed by atoms with Gasteiger partial charge >= 0.3 is 6.03 Å². The molecule has 0 aliphatic carbocycles. The van der Waals surface area contributed by atoms with Gasteiger partial charge in [0.15, 0.2) is 11.5 Å². The number of barbiturate groups is 1. The Morgan fingerprint density at radius 3 is 2.41 bits per heavy atom. The molecule has 0 saturated carbocycles. The molecule has 0 bridgehead atoms. The number of nitrogens with zero attached hydrogens (tertiary/aromatic N) is 1. The number of hydrogen-bond acceptors (Lipinski definition) is 5. The van der Waals surface area contributed by atoms with Crippen LogP contribution in [0.4, 0.5) is 10.5 Å². The maximum Gasteiger partial charge on any atom is 0.335 e. The Bertz CT molecular complexity index is 1680. The predicted molar refractivity (Wildman–Crippen MR) is 157 cm³/mol. The summed E-state index contributed by atoms with van der Waals surface area (Å²) in [7, 11) is 1.51. The maximum absolute atomic E-state index is 13.3. The van der Waals surface area contributed by atoms with Crippen molar-refractivity contribution in [1.29, 1.82) is 0 Å². The molecular weight excluding hydrogens is 628 g/mol. The first kappa shape index (κ1) is 26.6. The number of carbonyl (C=O) groups is 3. The number of rotatable bonds is 6. The van der Waals surface area contributed by atoms with Gasteiger partial charge in [0, 0.05) is 4.47 Å². The second kappa shape index (κ2) is 11.0. The first-order valence-corrected chi connectivity index (χ1v) is 13.5. The SMILES string of the molecule is COc1cc(/C=C2\C(=O)NC(=O)N(c3ccc(Br)c(C)c3)C2=O)cc(Br)c1OCc1ccc2ccccc2c1. The standard InChI is InChI=1S/C30H22Br2N2O5/c1-17-11-22(9-10-24(17)31)34-29(36)23(28(35)33-30(34)37)13-19-14-25(32)27(26(15-19)38-2)39-16-18-7-8-20-5-3-4-6-21(20)12-18/h3-15H,16H2,1-2H3,(H,33,35,37)/b23-13+. The molecule has 0 spiro atoms. The number of ether oxygens (including phenoxy) is 2. The van der Waals surface area contributed by atoms with Gasteiger partial charge in [0.1, 0.15) is 12.2 Å². The average Bonchev–Trinajstić information content (AvgIpc) is 2.92. The van der Waals surface area contributed by atoms with Gasteiger partial charge in [-0.1, -0.05) is 52.3 Å². The second-order valence-electron chi connectivity index (χ2n) is 8.90. The highest BCUT2D eigenvalue weighted by molar-refractivity contribution is 9.10. The third-order valence-corrected chi connectivity index (χ3v) is 7.74. The summed E-state index contributed by atoms with van der Waals surface area (Å²) >= 11 is 6.94. The lowest BCUT2D eigenvalue weighted by Crippen LogP contribution is -2.54. The van der Waals surface area contributed by atoms with Crippen molar-refractivity contribution in [2.45, 2.75) is 13.5 Å². The van der Waals surface area contributed by atoms with Gasteiger partial charge < -0.3 is 9.47 Å². The van der Waals surface area contributed by atoms with E-state index in [-0.39, 0.29) is 5.57 Å². The van der Waals surface area contributed by atoms with E-state index in [0.29, 0.717) is 33.8 Å². The van der Waals surface area contributed by atoms with Gasteiger partial charge in [-0.05, 0) is 92.8 Å². The van der Waals surface area contributed by atoms with Crippen molar-refractivity contribution < 1.29 is 23.9 Å². The average molecular weight is 650 g/mol. The Morgan fingerprint density at radius 2 is 1.67 bits per heavy atom. The number of methoxy groups -OCH3 is 1. The highest BCUT2D eigenvalue weighted by atomic mass is 79.9. The van der Waals surface area contributed by atoms with Crippen molar-refractivity contribution in [3.63, 3.8) is 0 Å². The van der Waals surface area contributed by atoms with E-state index in [0.717, 1.165) is 31.3 Å². The summed E-state index contributed by atoms with van der Waals surface area (Å²) in [5, 5.41) is 4.51. The van der Waals surface area contributed by atoms with Crippen LogP contribution in [0.3, 0.4) is 0 Å². The fourth-order valence-electron chi connectivity index (χ4n) is 4.27. The van der Waals surface area contributed by atoms with Crippen LogP contribution in [-0.2, 0) is 16.2 Å². The molecule has 5 rings (SSSR count). The van der Waals surface area contributed by atoms with Gasteiger partial charge in [0.05, 0.1) is 17.3 Å². The number of fused-ring (bicyclic) bond motifs is 1. The summed E-state index contributed by atoms with van der Waals surface area (Å²) < 4.78 is 13.1. The lowest BCUT2D eigenvalue weighted by molar-refractivity contribution is -0.122. The van der Waals surface area contributed by atoms with Gasteiger partial charge in [0.25, 0.3) is 11.8 Å². The number of anilines is 1. The highest BCUT2D eigenvalue weighted by Gasteiger charge is 2.37. The molecule has 1 fully saturated rings. The molecule has 4 aromatic rings. The largest absolute Gasteiger partial charge is 0.493 e. The van der Waals surface area contributed by atoms with Crippen molar-refractivity contribution in [3.05, 3.63) is 104 Å². The third-order valence-electron chi connectivity index (χ3n) is 6.26. The van der Waals surface area contributed by atoms with Gasteiger partial charge in [-0.15, -0.1) is 0 Å². The minimum absolute atomic E-state index is 0.186. The molecule has 7 nitrogen and oxygen atoms in total. The van der Waals surface area contributed by atoms with Crippen molar-refractivity contribution in [3.8, 4) is 11.5 Å². The molecule has 1 heterocycles. The Hall–Kier alpha value is -3.95. The summed E-state index contributed by atoms with van der Waals surface area (Å²) in [6.07, 6.45) is 1.42. The Morgan fingerprint density at radius 1 is 0.897 bits per heavy atom. The molecule has 0 unspecified atom stereocenters. The number of hydrogen-bond donors (Lipinski definition) is 1. The zero-order valence-electron chi connectivity index (χ0n) is 21.0. The van der Waals surface area contributed by atoms with Gasteiger partial charge in [0.2, 0.25) is 0 Å². The van der Waals surface area contributed by atoms with E-state index in [1.165, 1.54) is 13.2 Å². The zero-order valence-corrected chi connectivity index (χ0v) is 24.1. The molecule has 0 aromatic heterocycles. The molecule has 39 heavy (non-hydrogen) atoms. The van der Waals surface area contributed by atoms with Gasteiger partial charge in [-0.3, -0.25) is 14.9 Å². The normalized spacial score (nSPS) is 14.6. The summed E-state index contributed by atoms with van der Waals surface area (Å²) in [6.45, 7) is 2.15. The minimum Gasteiger partial charge on any atom is -0.493 e. The van der Waals surface area contributed by atoms with E-state index in [4.69, 9.17) is 9.47 Å². The Balaban J connectivity index is 1.42. The quantitative estimate of drug-likeness (QED) is 0.181. The summed E-state index contributed by atoms with van der Waals surface area (Å²) in [5.74, 6) is -0.606. The van der Waals surface area contributed by atoms with E-state index in [1.54, 1.807) is 30.3 Å². The molecule has 0 radical (unpaired) electrons. The minimum atomic E-state index is -0.805. The van der Waals surface area contributed by atoms with Crippen LogP contribution in [0.15, 0.2) is 87.3 Å². The first-order chi connectivity index (χ1) is 18.7. The molecule has 1 saturated heterocycles. The van der Waals surface area contributed by atoms with Crippen LogP contribution in [0.1, 0.15) is 16.7 Å². The fourth-order valence-corrected chi connectivity index (χ4v) is 5.09. The van der Waals surface area contributed by atoms with E-state index < -0.39 is 17.8 Å². The molecular formula is C30H22Br2N2O5. The van der Waals surface area contributed by atoms with Gasteiger partial charge in [-0.2, -0.15) is 0 Å². The number of nitrogens with one attached hydrogen (secondary N) is 1. The smallest absolute Gasteiger partial charge is 0.335 e. The summed E-state index contributed by atoms with van der Waals surface area (Å²) in [5.41, 5.74) is 2.51. The highest BCUT2D eigenvalue weighted by Crippen LogP contribution is 2.38. The molecule has 4 amide bonds. The van der Waals surface area contributed by atoms with Crippen molar-refractivity contribution in [2.75, 3.05) is 12.0 Å². The number of urea groups is 1. The van der Waals surface area contributed by atoms with Crippen molar-refractivity contribution in [1.82, 2.24) is 5.32 Å². The van der Waals surface area contributed by atoms with Crippen LogP contribution in [0.5, 0.6) is 11.5 Å². The lowest BCUT2D eigenvalue weighted by Gasteiger charge is -2.26. The number of imide groups is 2. The topological polar surface area (TPSA) is 84.9 Å². The summed E-state index contributed by atoms with van der Waals surface area (Å²) in [4.78, 5) is 39.5. The molecule has 4 aromatic carbocycles. The van der Waals surface area contributed by atoms with Crippen LogP contribution < -0.4 is 19.7 Å². The maximum atomic E-state index is 13.3. The molecule has 1 aliphatic rings. The Labute approximate surface area is 241 Å². The van der Waals surface area contributed by atoms with E-state index in [1.807, 2.05) is 37.3 Å². The fraction of sp³-hybridized carbons (Fsp3) is 0.100. The second-order valence-corrected chi connectivity index (χ2v) is 10.6. The van der Waals surface area contributed by atoms with Gasteiger partial charge in [-0.25, -0.2) is 9.69 Å². The van der Waals surface area contributed by atoms with Crippen LogP contribution in [0, 0.1) is 6.92 Å². The molecule has 196 valence electrons. The lowest BCUT2D eigenvalue weighted by atomic mass is 10.1. The predicted octanol–water partition coefficient (Wildman–Crippen LogP) is 6.93. The van der Waals surface area contributed by atoms with Crippen molar-refractivity contribution in [2.24, 2.45) is 0 Å². The zero-order chi connectivity index (χ0) is 27.7. The van der Waals surface area contributed by atoms with E-state index in [9.17, 15) is 14.4 Å². The van der Waals surface area contributed by atoms with Crippen LogP contribution in [0.25, 0.3) is 16.8 Å². The monoisotopic (exact) mass is 648 g/mol. The van der Waals surface area contributed by atoms with Crippen LogP contribution in [0.2, 0.25) is 0 Å². The molecule has 1 N–H and O–H groups in total. The Kier molecular flexibility index (Phi) is 7.54. The summed E-state index contributed by atoms with van der Waals surface area (Å²) in [6, 6.07) is 21.9. The van der Waals surface area contributed by atoms with Crippen LogP contribution in [-0.4, -0.2) is 25.0 Å². The molecule has 1 aliphatic heterocycles. The third kappa shape index (κ3) is 5.46. The number of aryl methyl sites for hydroxylation is 1. The number of amides is 4. The number of halogens is 2. The number of carbonyl (C=O) groups excluding carboxylic acids is 3.